The number of phenolic OH excluding ortho intramolecular Hbond substituents is 1. The third-order valence-electron chi connectivity index (χ3n) is 4.12. The molecular formula is C21H23N3O2. The zero-order valence-corrected chi connectivity index (χ0v) is 15.3. The van der Waals surface area contributed by atoms with Crippen LogP contribution in [0.1, 0.15) is 25.0 Å². The van der Waals surface area contributed by atoms with Crippen molar-refractivity contribution < 1.29 is 9.90 Å². The number of nitriles is 1. The molecule has 5 heteroatoms. The van der Waals surface area contributed by atoms with E-state index in [0.717, 1.165) is 24.3 Å². The van der Waals surface area contributed by atoms with Crippen molar-refractivity contribution >= 4 is 23.4 Å². The van der Waals surface area contributed by atoms with Crippen molar-refractivity contribution in [2.75, 3.05) is 23.3 Å². The van der Waals surface area contributed by atoms with E-state index < -0.39 is 5.91 Å². The number of carbonyl (C=O) groups is 1. The molecule has 0 aliphatic carbocycles. The average Bonchev–Trinajstić information content (AvgIpc) is 2.64. The lowest BCUT2D eigenvalue weighted by Crippen LogP contribution is -2.21. The number of benzene rings is 2. The maximum absolute atomic E-state index is 12.3. The van der Waals surface area contributed by atoms with Gasteiger partial charge in [0, 0.05) is 36.1 Å². The van der Waals surface area contributed by atoms with Crippen molar-refractivity contribution in [3.8, 4) is 11.8 Å². The quantitative estimate of drug-likeness (QED) is 0.608. The smallest absolute Gasteiger partial charge is 0.266 e. The molecule has 0 spiro atoms. The molecule has 134 valence electrons. The lowest BCUT2D eigenvalue weighted by molar-refractivity contribution is -0.112. The average molecular weight is 349 g/mol. The van der Waals surface area contributed by atoms with E-state index in [-0.39, 0.29) is 11.3 Å². The highest BCUT2D eigenvalue weighted by molar-refractivity contribution is 6.09. The zero-order chi connectivity index (χ0) is 19.1. The van der Waals surface area contributed by atoms with E-state index in [1.54, 1.807) is 24.3 Å². The number of anilines is 2. The molecule has 0 fully saturated rings. The van der Waals surface area contributed by atoms with Gasteiger partial charge in [-0.3, -0.25) is 4.79 Å². The van der Waals surface area contributed by atoms with E-state index >= 15 is 0 Å². The lowest BCUT2D eigenvalue weighted by Gasteiger charge is -2.21. The number of phenols is 1. The second-order valence-corrected chi connectivity index (χ2v) is 5.91. The number of aryl methyl sites for hydroxylation is 1. The molecule has 5 nitrogen and oxygen atoms in total. The van der Waals surface area contributed by atoms with Gasteiger partial charge in [0.05, 0.1) is 0 Å². The molecule has 0 bridgehead atoms. The molecule has 0 atom stereocenters. The van der Waals surface area contributed by atoms with Crippen LogP contribution in [0.3, 0.4) is 0 Å². The molecule has 2 aromatic rings. The normalized spacial score (nSPS) is 10.9. The summed E-state index contributed by atoms with van der Waals surface area (Å²) in [6, 6.07) is 14.4. The third-order valence-corrected chi connectivity index (χ3v) is 4.12. The molecule has 1 amide bonds. The topological polar surface area (TPSA) is 76.4 Å². The van der Waals surface area contributed by atoms with Gasteiger partial charge in [-0.15, -0.1) is 0 Å². The van der Waals surface area contributed by atoms with Crippen LogP contribution in [-0.4, -0.2) is 24.1 Å². The number of hydrogen-bond acceptors (Lipinski definition) is 4. The summed E-state index contributed by atoms with van der Waals surface area (Å²) in [6.07, 6.45) is 1.39. The molecule has 0 aliphatic heterocycles. The van der Waals surface area contributed by atoms with Crippen LogP contribution in [-0.2, 0) is 4.79 Å². The molecule has 0 saturated carbocycles. The minimum Gasteiger partial charge on any atom is -0.507 e. The molecule has 2 N–H and O–H groups in total. The van der Waals surface area contributed by atoms with Gasteiger partial charge in [0.2, 0.25) is 0 Å². The van der Waals surface area contributed by atoms with Crippen molar-refractivity contribution in [1.29, 1.82) is 5.26 Å². The summed E-state index contributed by atoms with van der Waals surface area (Å²) < 4.78 is 0. The Balaban J connectivity index is 2.23. The maximum Gasteiger partial charge on any atom is 0.266 e. The largest absolute Gasteiger partial charge is 0.507 e. The van der Waals surface area contributed by atoms with Crippen molar-refractivity contribution in [2.45, 2.75) is 20.8 Å². The first kappa shape index (κ1) is 19.1. The van der Waals surface area contributed by atoms with Crippen LogP contribution in [0.5, 0.6) is 5.75 Å². The summed E-state index contributed by atoms with van der Waals surface area (Å²) in [5.41, 5.74) is 2.94. The zero-order valence-electron chi connectivity index (χ0n) is 15.3. The number of nitrogens with zero attached hydrogens (tertiary/aromatic N) is 2. The molecule has 2 aromatic carbocycles. The summed E-state index contributed by atoms with van der Waals surface area (Å²) in [6.45, 7) is 7.69. The lowest BCUT2D eigenvalue weighted by atomic mass is 10.1. The molecule has 0 unspecified atom stereocenters. The number of amides is 1. The Kier molecular flexibility index (Phi) is 6.40. The molecule has 2 rings (SSSR count). The second kappa shape index (κ2) is 8.72. The van der Waals surface area contributed by atoms with Gasteiger partial charge < -0.3 is 15.3 Å². The fourth-order valence-corrected chi connectivity index (χ4v) is 2.58. The summed E-state index contributed by atoms with van der Waals surface area (Å²) in [5.74, 6) is -0.478. The molecule has 0 aliphatic rings. The fourth-order valence-electron chi connectivity index (χ4n) is 2.58. The van der Waals surface area contributed by atoms with Crippen LogP contribution in [0.15, 0.2) is 48.0 Å². The van der Waals surface area contributed by atoms with Crippen molar-refractivity contribution in [3.05, 3.63) is 59.2 Å². The standard InChI is InChI=1S/C21H23N3O2/c1-4-24(5-2)19-11-8-16(20(25)13-19)12-17(14-22)21(26)23-18-9-6-15(3)7-10-18/h6-13,25H,4-5H2,1-3H3,(H,23,26)/b17-12-. The van der Waals surface area contributed by atoms with Gasteiger partial charge in [0.1, 0.15) is 17.4 Å². The molecule has 0 aromatic heterocycles. The Morgan fingerprint density at radius 2 is 1.85 bits per heavy atom. The van der Waals surface area contributed by atoms with E-state index in [2.05, 4.69) is 10.2 Å². The Hall–Kier alpha value is -3.26. The number of aromatic hydroxyl groups is 1. The van der Waals surface area contributed by atoms with Gasteiger partial charge >= 0.3 is 0 Å². The van der Waals surface area contributed by atoms with Gasteiger partial charge in [-0.2, -0.15) is 5.26 Å². The minimum absolute atomic E-state index is 0.0327. The monoisotopic (exact) mass is 349 g/mol. The number of rotatable bonds is 6. The van der Waals surface area contributed by atoms with E-state index in [9.17, 15) is 15.2 Å². The van der Waals surface area contributed by atoms with E-state index in [0.29, 0.717) is 11.3 Å². The Morgan fingerprint density at radius 1 is 1.19 bits per heavy atom. The first-order chi connectivity index (χ1) is 12.5. The predicted molar refractivity (Wildman–Crippen MR) is 105 cm³/mol. The summed E-state index contributed by atoms with van der Waals surface area (Å²) >= 11 is 0. The van der Waals surface area contributed by atoms with Crippen LogP contribution in [0.2, 0.25) is 0 Å². The van der Waals surface area contributed by atoms with Gasteiger partial charge in [0.25, 0.3) is 5.91 Å². The third kappa shape index (κ3) is 4.64. The Labute approximate surface area is 154 Å². The predicted octanol–water partition coefficient (Wildman–Crippen LogP) is 4.09. The first-order valence-corrected chi connectivity index (χ1v) is 8.56. The number of carbonyl (C=O) groups excluding carboxylic acids is 1. The van der Waals surface area contributed by atoms with E-state index in [4.69, 9.17) is 0 Å². The minimum atomic E-state index is -0.511. The molecular weight excluding hydrogens is 326 g/mol. The molecule has 0 saturated heterocycles. The van der Waals surface area contributed by atoms with Gasteiger partial charge in [-0.05, 0) is 51.1 Å². The summed E-state index contributed by atoms with van der Waals surface area (Å²) in [5, 5.41) is 22.3. The Morgan fingerprint density at radius 3 is 2.38 bits per heavy atom. The van der Waals surface area contributed by atoms with Gasteiger partial charge in [-0.1, -0.05) is 17.7 Å². The highest BCUT2D eigenvalue weighted by atomic mass is 16.3. The Bertz CT molecular complexity index is 845. The summed E-state index contributed by atoms with van der Waals surface area (Å²) in [7, 11) is 0. The van der Waals surface area contributed by atoms with Crippen LogP contribution >= 0.6 is 0 Å². The van der Waals surface area contributed by atoms with Crippen LogP contribution in [0.25, 0.3) is 6.08 Å². The number of hydrogen-bond donors (Lipinski definition) is 2. The van der Waals surface area contributed by atoms with E-state index in [1.165, 1.54) is 6.08 Å². The van der Waals surface area contributed by atoms with Crippen molar-refractivity contribution in [1.82, 2.24) is 0 Å². The highest BCUT2D eigenvalue weighted by Gasteiger charge is 2.12. The van der Waals surface area contributed by atoms with E-state index in [1.807, 2.05) is 45.0 Å². The van der Waals surface area contributed by atoms with Gasteiger partial charge in [-0.25, -0.2) is 0 Å². The molecule has 0 heterocycles. The first-order valence-electron chi connectivity index (χ1n) is 8.56. The van der Waals surface area contributed by atoms with Crippen molar-refractivity contribution in [3.63, 3.8) is 0 Å². The summed E-state index contributed by atoms with van der Waals surface area (Å²) in [4.78, 5) is 14.4. The van der Waals surface area contributed by atoms with Crippen LogP contribution < -0.4 is 10.2 Å². The fraction of sp³-hybridized carbons (Fsp3) is 0.238. The SMILES string of the molecule is CCN(CC)c1ccc(/C=C(/C#N)C(=O)Nc2ccc(C)cc2)c(O)c1. The van der Waals surface area contributed by atoms with Crippen molar-refractivity contribution in [2.24, 2.45) is 0 Å². The molecule has 0 radical (unpaired) electrons. The van der Waals surface area contributed by atoms with Crippen LogP contribution in [0, 0.1) is 18.3 Å². The maximum atomic E-state index is 12.3. The number of nitrogens with one attached hydrogen (secondary N) is 1. The second-order valence-electron chi connectivity index (χ2n) is 5.91. The molecule has 26 heavy (non-hydrogen) atoms. The van der Waals surface area contributed by atoms with Gasteiger partial charge in [0.15, 0.2) is 0 Å². The van der Waals surface area contributed by atoms with Crippen LogP contribution in [0.4, 0.5) is 11.4 Å². The highest BCUT2D eigenvalue weighted by Crippen LogP contribution is 2.26.